The van der Waals surface area contributed by atoms with Gasteiger partial charge in [0.2, 0.25) is 0 Å². The van der Waals surface area contributed by atoms with Gasteiger partial charge in [0.1, 0.15) is 5.82 Å². The number of hydrogen-bond donors (Lipinski definition) is 1. The summed E-state index contributed by atoms with van der Waals surface area (Å²) in [6.45, 7) is 3.32. The highest BCUT2D eigenvalue weighted by molar-refractivity contribution is 5.42. The first-order chi connectivity index (χ1) is 8.81. The third-order valence-corrected chi connectivity index (χ3v) is 3.36. The Bertz CT molecular complexity index is 523. The van der Waals surface area contributed by atoms with Gasteiger partial charge in [-0.1, -0.05) is 0 Å². The largest absolute Gasteiger partial charge is 0.368 e. The summed E-state index contributed by atoms with van der Waals surface area (Å²) >= 11 is 0. The normalized spacial score (nSPS) is 21.3. The molecule has 2 aromatic heterocycles. The number of fused-ring (bicyclic) bond motifs is 1. The van der Waals surface area contributed by atoms with Crippen LogP contribution in [0.5, 0.6) is 0 Å². The second-order valence-corrected chi connectivity index (χ2v) is 4.90. The first-order valence-electron chi connectivity index (χ1n) is 6.29. The van der Waals surface area contributed by atoms with E-state index in [2.05, 4.69) is 37.9 Å². The van der Waals surface area contributed by atoms with Gasteiger partial charge in [-0.25, -0.2) is 0 Å². The first-order valence-corrected chi connectivity index (χ1v) is 6.29. The minimum Gasteiger partial charge on any atom is -0.368 e. The van der Waals surface area contributed by atoms with Crippen LogP contribution >= 0.6 is 0 Å². The molecule has 1 aliphatic heterocycles. The maximum atomic E-state index is 4.29. The van der Waals surface area contributed by atoms with E-state index in [1.807, 2.05) is 12.1 Å². The SMILES string of the molecule is CN1CCCC(CNc2ccc3nnnn3n2)C1. The Morgan fingerprint density at radius 3 is 3.28 bits per heavy atom. The monoisotopic (exact) mass is 247 g/mol. The van der Waals surface area contributed by atoms with E-state index in [1.165, 1.54) is 24.0 Å². The number of nitrogens with zero attached hydrogens (tertiary/aromatic N) is 6. The second kappa shape index (κ2) is 4.85. The Morgan fingerprint density at radius 1 is 1.44 bits per heavy atom. The minimum atomic E-state index is 0.665. The van der Waals surface area contributed by atoms with Crippen molar-refractivity contribution < 1.29 is 0 Å². The van der Waals surface area contributed by atoms with Crippen LogP contribution in [0.3, 0.4) is 0 Å². The van der Waals surface area contributed by atoms with Crippen molar-refractivity contribution in [2.75, 3.05) is 32.0 Å². The van der Waals surface area contributed by atoms with Gasteiger partial charge in [0, 0.05) is 13.1 Å². The number of anilines is 1. The third kappa shape index (κ3) is 2.40. The summed E-state index contributed by atoms with van der Waals surface area (Å²) in [6, 6.07) is 3.78. The Labute approximate surface area is 105 Å². The molecule has 0 aliphatic carbocycles. The summed E-state index contributed by atoms with van der Waals surface area (Å²) in [5.41, 5.74) is 0.665. The molecule has 2 aromatic rings. The molecule has 3 heterocycles. The molecule has 0 radical (unpaired) electrons. The Kier molecular flexibility index (Phi) is 3.06. The molecule has 7 heteroatoms. The Balaban J connectivity index is 1.61. The molecule has 0 bridgehead atoms. The molecule has 1 fully saturated rings. The molecule has 1 N–H and O–H groups in total. The van der Waals surface area contributed by atoms with E-state index in [9.17, 15) is 0 Å². The van der Waals surface area contributed by atoms with Crippen LogP contribution in [-0.4, -0.2) is 56.8 Å². The third-order valence-electron chi connectivity index (χ3n) is 3.36. The molecular weight excluding hydrogens is 230 g/mol. The van der Waals surface area contributed by atoms with Gasteiger partial charge in [0.15, 0.2) is 5.65 Å². The number of nitrogens with one attached hydrogen (secondary N) is 1. The summed E-state index contributed by atoms with van der Waals surface area (Å²) in [7, 11) is 2.18. The lowest BCUT2D eigenvalue weighted by Crippen LogP contribution is -2.35. The van der Waals surface area contributed by atoms with Gasteiger partial charge in [-0.05, 0) is 54.9 Å². The molecule has 96 valence electrons. The zero-order chi connectivity index (χ0) is 12.4. The Morgan fingerprint density at radius 2 is 2.39 bits per heavy atom. The molecule has 18 heavy (non-hydrogen) atoms. The lowest BCUT2D eigenvalue weighted by Gasteiger charge is -2.29. The summed E-state index contributed by atoms with van der Waals surface area (Å²) in [5.74, 6) is 1.51. The topological polar surface area (TPSA) is 71.2 Å². The number of rotatable bonds is 3. The van der Waals surface area contributed by atoms with Gasteiger partial charge >= 0.3 is 0 Å². The van der Waals surface area contributed by atoms with E-state index < -0.39 is 0 Å². The lowest BCUT2D eigenvalue weighted by molar-refractivity contribution is 0.217. The van der Waals surface area contributed by atoms with E-state index in [0.29, 0.717) is 11.6 Å². The summed E-state index contributed by atoms with van der Waals surface area (Å²) < 4.78 is 1.44. The van der Waals surface area contributed by atoms with E-state index in [0.717, 1.165) is 18.9 Å². The van der Waals surface area contributed by atoms with Crippen molar-refractivity contribution >= 4 is 11.5 Å². The van der Waals surface area contributed by atoms with Crippen LogP contribution in [0.15, 0.2) is 12.1 Å². The van der Waals surface area contributed by atoms with Gasteiger partial charge < -0.3 is 10.2 Å². The summed E-state index contributed by atoms with van der Waals surface area (Å²) in [4.78, 5) is 2.38. The van der Waals surface area contributed by atoms with Gasteiger partial charge in [-0.3, -0.25) is 0 Å². The second-order valence-electron chi connectivity index (χ2n) is 4.90. The molecule has 1 atom stereocenters. The number of hydrogen-bond acceptors (Lipinski definition) is 6. The Hall–Kier alpha value is -1.76. The van der Waals surface area contributed by atoms with Gasteiger partial charge in [0.05, 0.1) is 0 Å². The molecule has 1 aliphatic rings. The highest BCUT2D eigenvalue weighted by Gasteiger charge is 2.16. The van der Waals surface area contributed by atoms with E-state index in [1.54, 1.807) is 0 Å². The van der Waals surface area contributed by atoms with Crippen LogP contribution in [-0.2, 0) is 0 Å². The van der Waals surface area contributed by atoms with E-state index in [-0.39, 0.29) is 0 Å². The summed E-state index contributed by atoms with van der Waals surface area (Å²) in [5, 5.41) is 18.8. The van der Waals surface area contributed by atoms with Crippen LogP contribution in [0, 0.1) is 5.92 Å². The van der Waals surface area contributed by atoms with Crippen LogP contribution in [0.2, 0.25) is 0 Å². The van der Waals surface area contributed by atoms with Crippen LogP contribution < -0.4 is 5.32 Å². The fraction of sp³-hybridized carbons (Fsp3) is 0.636. The van der Waals surface area contributed by atoms with Crippen molar-refractivity contribution in [2.45, 2.75) is 12.8 Å². The number of aromatic nitrogens is 5. The fourth-order valence-corrected chi connectivity index (χ4v) is 2.43. The van der Waals surface area contributed by atoms with Crippen LogP contribution in [0.25, 0.3) is 5.65 Å². The van der Waals surface area contributed by atoms with Crippen molar-refractivity contribution in [3.63, 3.8) is 0 Å². The highest BCUT2D eigenvalue weighted by atomic mass is 15.6. The fourth-order valence-electron chi connectivity index (χ4n) is 2.43. The maximum Gasteiger partial charge on any atom is 0.200 e. The number of piperidine rings is 1. The van der Waals surface area contributed by atoms with E-state index in [4.69, 9.17) is 0 Å². The van der Waals surface area contributed by atoms with Gasteiger partial charge in [0.25, 0.3) is 0 Å². The number of likely N-dealkylation sites (tertiary alicyclic amines) is 1. The average molecular weight is 247 g/mol. The first kappa shape index (κ1) is 11.3. The standard InChI is InChI=1S/C11H17N7/c1-17-6-2-3-9(8-17)7-12-10-4-5-11-13-15-16-18(11)14-10/h4-5,9H,2-3,6-8H2,1H3,(H,12,14). The minimum absolute atomic E-state index is 0.665. The molecule has 7 nitrogen and oxygen atoms in total. The molecule has 0 aromatic carbocycles. The van der Waals surface area contributed by atoms with E-state index >= 15 is 0 Å². The molecule has 0 amide bonds. The van der Waals surface area contributed by atoms with Crippen LogP contribution in [0.4, 0.5) is 5.82 Å². The van der Waals surface area contributed by atoms with Crippen molar-refractivity contribution in [1.29, 1.82) is 0 Å². The van der Waals surface area contributed by atoms with Crippen LogP contribution in [0.1, 0.15) is 12.8 Å². The zero-order valence-electron chi connectivity index (χ0n) is 10.5. The molecule has 1 saturated heterocycles. The quantitative estimate of drug-likeness (QED) is 0.839. The van der Waals surface area contributed by atoms with Gasteiger partial charge in [-0.15, -0.1) is 14.8 Å². The zero-order valence-corrected chi connectivity index (χ0v) is 10.5. The van der Waals surface area contributed by atoms with Crippen molar-refractivity contribution in [1.82, 2.24) is 30.2 Å². The predicted molar refractivity (Wildman–Crippen MR) is 67.3 cm³/mol. The molecular formula is C11H17N7. The molecule has 1 unspecified atom stereocenters. The average Bonchev–Trinajstić information content (AvgIpc) is 2.84. The van der Waals surface area contributed by atoms with Crippen molar-refractivity contribution in [2.24, 2.45) is 5.92 Å². The maximum absolute atomic E-state index is 4.29. The lowest BCUT2D eigenvalue weighted by atomic mass is 9.98. The highest BCUT2D eigenvalue weighted by Crippen LogP contribution is 2.15. The van der Waals surface area contributed by atoms with Gasteiger partial charge in [-0.2, -0.15) is 0 Å². The molecule has 3 rings (SSSR count). The smallest absolute Gasteiger partial charge is 0.200 e. The molecule has 0 spiro atoms. The van der Waals surface area contributed by atoms with Crippen molar-refractivity contribution in [3.05, 3.63) is 12.1 Å². The van der Waals surface area contributed by atoms with Crippen molar-refractivity contribution in [3.8, 4) is 0 Å². The number of tetrazole rings is 1. The summed E-state index contributed by atoms with van der Waals surface area (Å²) in [6.07, 6.45) is 2.56. The predicted octanol–water partition coefficient (Wildman–Crippen LogP) is 0.273. The molecule has 0 saturated carbocycles.